The van der Waals surface area contributed by atoms with Crippen LogP contribution in [0.5, 0.6) is 0 Å². The van der Waals surface area contributed by atoms with Gasteiger partial charge in [-0.3, -0.25) is 0 Å². The minimum Gasteiger partial charge on any atom is -0.470 e. The summed E-state index contributed by atoms with van der Waals surface area (Å²) >= 11 is 0. The Balaban J connectivity index is 2.67. The average Bonchev–Trinajstić information content (AvgIpc) is 2.19. The molecule has 1 aliphatic heterocycles. The van der Waals surface area contributed by atoms with Gasteiger partial charge in [0.15, 0.2) is 0 Å². The highest BCUT2D eigenvalue weighted by atomic mass is 16.7. The third-order valence-electron chi connectivity index (χ3n) is 2.08. The molecule has 5 atom stereocenters. The summed E-state index contributed by atoms with van der Waals surface area (Å²) in [6.07, 6.45) is -5.16. The second-order valence-electron chi connectivity index (χ2n) is 3.00. The highest BCUT2D eigenvalue weighted by molar-refractivity contribution is 4.89. The largest absolute Gasteiger partial charge is 0.470 e. The molecule has 14 heavy (non-hydrogen) atoms. The molecular weight excluding hydrogens is 192 g/mol. The highest BCUT2D eigenvalue weighted by Gasteiger charge is 2.44. The lowest BCUT2D eigenvalue weighted by molar-refractivity contribution is -0.287. The van der Waals surface area contributed by atoms with Crippen LogP contribution in [-0.4, -0.2) is 57.7 Å². The van der Waals surface area contributed by atoms with Gasteiger partial charge in [-0.1, -0.05) is 6.58 Å². The Morgan fingerprint density at radius 2 is 1.86 bits per heavy atom. The van der Waals surface area contributed by atoms with Gasteiger partial charge in [0.2, 0.25) is 6.29 Å². The Kier molecular flexibility index (Phi) is 3.85. The number of hydrogen-bond acceptors (Lipinski definition) is 6. The van der Waals surface area contributed by atoms with E-state index in [1.54, 1.807) is 0 Å². The fraction of sp³-hybridized carbons (Fsp3) is 0.750. The second-order valence-corrected chi connectivity index (χ2v) is 3.00. The SMILES string of the molecule is C=CO[C@H]1OC(CO)[C@@H](O)[C@H](O)C1O. The van der Waals surface area contributed by atoms with Crippen LogP contribution in [0.1, 0.15) is 0 Å². The van der Waals surface area contributed by atoms with Crippen molar-refractivity contribution in [2.45, 2.75) is 30.7 Å². The van der Waals surface area contributed by atoms with Crippen LogP contribution < -0.4 is 0 Å². The quantitative estimate of drug-likeness (QED) is 0.396. The zero-order valence-corrected chi connectivity index (χ0v) is 7.48. The van der Waals surface area contributed by atoms with Crippen molar-refractivity contribution in [1.82, 2.24) is 0 Å². The minimum absolute atomic E-state index is 0.470. The van der Waals surface area contributed by atoms with Crippen molar-refractivity contribution in [2.24, 2.45) is 0 Å². The molecule has 6 nitrogen and oxygen atoms in total. The monoisotopic (exact) mass is 206 g/mol. The van der Waals surface area contributed by atoms with Crippen LogP contribution in [-0.2, 0) is 9.47 Å². The summed E-state index contributed by atoms with van der Waals surface area (Å²) in [7, 11) is 0. The van der Waals surface area contributed by atoms with Crippen molar-refractivity contribution >= 4 is 0 Å². The van der Waals surface area contributed by atoms with Crippen LogP contribution in [0.4, 0.5) is 0 Å². The molecule has 0 aromatic rings. The summed E-state index contributed by atoms with van der Waals surface area (Å²) in [6.45, 7) is 2.79. The topological polar surface area (TPSA) is 99.4 Å². The highest BCUT2D eigenvalue weighted by Crippen LogP contribution is 2.21. The third-order valence-corrected chi connectivity index (χ3v) is 2.08. The van der Waals surface area contributed by atoms with E-state index >= 15 is 0 Å². The Hall–Kier alpha value is -0.660. The Labute approximate surface area is 81.0 Å². The van der Waals surface area contributed by atoms with Crippen LogP contribution in [0.25, 0.3) is 0 Å². The molecule has 0 aromatic carbocycles. The zero-order chi connectivity index (χ0) is 10.7. The van der Waals surface area contributed by atoms with E-state index in [0.29, 0.717) is 0 Å². The molecule has 1 aliphatic rings. The molecule has 4 N–H and O–H groups in total. The molecular formula is C8H14O6. The predicted octanol–water partition coefficient (Wildman–Crippen LogP) is -2.05. The van der Waals surface area contributed by atoms with Crippen molar-refractivity contribution in [3.05, 3.63) is 12.8 Å². The van der Waals surface area contributed by atoms with Crippen molar-refractivity contribution in [3.8, 4) is 0 Å². The molecule has 1 fully saturated rings. The lowest BCUT2D eigenvalue weighted by Crippen LogP contribution is -2.58. The van der Waals surface area contributed by atoms with Crippen LogP contribution in [0.2, 0.25) is 0 Å². The number of rotatable bonds is 3. The maximum atomic E-state index is 9.36. The normalized spacial score (nSPS) is 43.3. The Morgan fingerprint density at radius 3 is 2.36 bits per heavy atom. The molecule has 1 heterocycles. The fourth-order valence-corrected chi connectivity index (χ4v) is 1.27. The van der Waals surface area contributed by atoms with Crippen LogP contribution in [0.15, 0.2) is 12.8 Å². The average molecular weight is 206 g/mol. The zero-order valence-electron chi connectivity index (χ0n) is 7.48. The number of ether oxygens (including phenoxy) is 2. The maximum absolute atomic E-state index is 9.36. The van der Waals surface area contributed by atoms with Crippen LogP contribution >= 0.6 is 0 Å². The molecule has 0 bridgehead atoms. The van der Waals surface area contributed by atoms with Crippen molar-refractivity contribution in [1.29, 1.82) is 0 Å². The van der Waals surface area contributed by atoms with Crippen LogP contribution in [0.3, 0.4) is 0 Å². The summed E-state index contributed by atoms with van der Waals surface area (Å²) in [4.78, 5) is 0. The number of hydrogen-bond donors (Lipinski definition) is 4. The summed E-state index contributed by atoms with van der Waals surface area (Å²) < 4.78 is 9.72. The Bertz CT molecular complexity index is 194. The van der Waals surface area contributed by atoms with Crippen molar-refractivity contribution in [3.63, 3.8) is 0 Å². The van der Waals surface area contributed by atoms with Gasteiger partial charge in [-0.15, -0.1) is 0 Å². The molecule has 1 rings (SSSR count). The van der Waals surface area contributed by atoms with E-state index in [9.17, 15) is 15.3 Å². The molecule has 0 aromatic heterocycles. The lowest BCUT2D eigenvalue weighted by atomic mass is 9.99. The first-order valence-corrected chi connectivity index (χ1v) is 4.18. The standard InChI is InChI=1S/C8H14O6/c1-2-13-8-7(12)6(11)5(10)4(3-9)14-8/h2,4-12H,1,3H2/t4?,5-,6+,7?,8+/m1/s1. The second kappa shape index (κ2) is 4.72. The van der Waals surface area contributed by atoms with E-state index in [4.69, 9.17) is 14.6 Å². The molecule has 2 unspecified atom stereocenters. The van der Waals surface area contributed by atoms with Gasteiger partial charge in [-0.2, -0.15) is 0 Å². The van der Waals surface area contributed by atoms with Gasteiger partial charge in [-0.05, 0) is 0 Å². The van der Waals surface area contributed by atoms with Crippen molar-refractivity contribution < 1.29 is 29.9 Å². The third kappa shape index (κ3) is 2.05. The first-order valence-electron chi connectivity index (χ1n) is 4.18. The molecule has 0 spiro atoms. The van der Waals surface area contributed by atoms with Crippen molar-refractivity contribution in [2.75, 3.05) is 6.61 Å². The summed E-state index contributed by atoms with van der Waals surface area (Å²) in [5.41, 5.74) is 0. The summed E-state index contributed by atoms with van der Waals surface area (Å²) in [5, 5.41) is 36.8. The Morgan fingerprint density at radius 1 is 1.21 bits per heavy atom. The molecule has 6 heteroatoms. The maximum Gasteiger partial charge on any atom is 0.228 e. The minimum atomic E-state index is -1.41. The molecule has 0 saturated carbocycles. The fourth-order valence-electron chi connectivity index (χ4n) is 1.27. The van der Waals surface area contributed by atoms with Gasteiger partial charge >= 0.3 is 0 Å². The van der Waals surface area contributed by atoms with Gasteiger partial charge in [-0.25, -0.2) is 0 Å². The summed E-state index contributed by atoms with van der Waals surface area (Å²) in [6, 6.07) is 0. The van der Waals surface area contributed by atoms with E-state index in [0.717, 1.165) is 6.26 Å². The van der Waals surface area contributed by atoms with E-state index in [2.05, 4.69) is 6.58 Å². The van der Waals surface area contributed by atoms with Gasteiger partial charge in [0, 0.05) is 0 Å². The van der Waals surface area contributed by atoms with E-state index in [-0.39, 0.29) is 0 Å². The van der Waals surface area contributed by atoms with Gasteiger partial charge in [0.05, 0.1) is 12.9 Å². The number of aliphatic hydroxyl groups excluding tert-OH is 4. The summed E-state index contributed by atoms with van der Waals surface area (Å²) in [5.74, 6) is 0. The molecule has 82 valence electrons. The van der Waals surface area contributed by atoms with Crippen LogP contribution in [0, 0.1) is 0 Å². The molecule has 0 aliphatic carbocycles. The number of aliphatic hydroxyl groups is 4. The predicted molar refractivity (Wildman–Crippen MR) is 45.0 cm³/mol. The first kappa shape index (κ1) is 11.4. The van der Waals surface area contributed by atoms with Gasteiger partial charge in [0.1, 0.15) is 24.4 Å². The van der Waals surface area contributed by atoms with Gasteiger partial charge < -0.3 is 29.9 Å². The van der Waals surface area contributed by atoms with E-state index in [1.165, 1.54) is 0 Å². The smallest absolute Gasteiger partial charge is 0.228 e. The lowest BCUT2D eigenvalue weighted by Gasteiger charge is -2.38. The first-order chi connectivity index (χ1) is 6.61. The van der Waals surface area contributed by atoms with E-state index in [1.807, 2.05) is 0 Å². The van der Waals surface area contributed by atoms with E-state index < -0.39 is 37.3 Å². The molecule has 0 amide bonds. The molecule has 1 saturated heterocycles. The van der Waals surface area contributed by atoms with Gasteiger partial charge in [0.25, 0.3) is 0 Å². The molecule has 0 radical (unpaired) electrons.